The minimum Gasteiger partial charge on any atom is -0.291 e. The van der Waals surface area contributed by atoms with E-state index in [4.69, 9.17) is 4.84 Å². The van der Waals surface area contributed by atoms with Crippen molar-refractivity contribution in [3.8, 4) is 0 Å². The van der Waals surface area contributed by atoms with Gasteiger partial charge in [-0.05, 0) is 12.5 Å². The van der Waals surface area contributed by atoms with Crippen molar-refractivity contribution >= 4 is 0 Å². The lowest BCUT2D eigenvalue weighted by Crippen LogP contribution is -2.34. The van der Waals surface area contributed by atoms with Crippen LogP contribution in [0.15, 0.2) is 24.4 Å². The summed E-state index contributed by atoms with van der Waals surface area (Å²) in [5, 5.41) is 3.60. The van der Waals surface area contributed by atoms with Gasteiger partial charge in [-0.3, -0.25) is 9.85 Å². The highest BCUT2D eigenvalue weighted by Gasteiger charge is 2.05. The smallest absolute Gasteiger partial charge is 0.0596 e. The number of hydrazine groups is 1. The average Bonchev–Trinajstić information content (AvgIpc) is 2.11. The maximum atomic E-state index is 5.03. The summed E-state index contributed by atoms with van der Waals surface area (Å²) in [5.41, 5.74) is 1.16. The Labute approximate surface area is 74.8 Å². The van der Waals surface area contributed by atoms with Crippen LogP contribution in [0.3, 0.4) is 0 Å². The normalized spacial score (nSPS) is 11.9. The second kappa shape index (κ2) is 5.80. The van der Waals surface area contributed by atoms with Crippen molar-refractivity contribution in [2.45, 2.75) is 13.3 Å². The van der Waals surface area contributed by atoms with E-state index in [1.807, 2.05) is 25.2 Å². The molecule has 0 amide bonds. The van der Waals surface area contributed by atoms with Crippen molar-refractivity contribution in [3.05, 3.63) is 24.4 Å². The van der Waals surface area contributed by atoms with Crippen molar-refractivity contribution in [2.75, 3.05) is 21.2 Å². The highest BCUT2D eigenvalue weighted by molar-refractivity contribution is 5.07. The molecule has 0 aliphatic carbocycles. The molecule has 0 fully saturated rings. The molecule has 3 nitrogen and oxygen atoms in total. The molecule has 0 N–H and O–H groups in total. The van der Waals surface area contributed by atoms with Crippen LogP contribution in [0.4, 0.5) is 0 Å². The number of hydrogen-bond acceptors (Lipinski definition) is 3. The van der Waals surface area contributed by atoms with E-state index in [9.17, 15) is 0 Å². The van der Waals surface area contributed by atoms with Gasteiger partial charge in [0, 0.05) is 19.8 Å². The molecule has 0 unspecified atom stereocenters. The van der Waals surface area contributed by atoms with Gasteiger partial charge in [0.05, 0.1) is 7.11 Å². The van der Waals surface area contributed by atoms with Crippen LogP contribution in [0.2, 0.25) is 0 Å². The van der Waals surface area contributed by atoms with Crippen LogP contribution >= 0.6 is 0 Å². The van der Waals surface area contributed by atoms with Crippen LogP contribution in [-0.4, -0.2) is 31.4 Å². The Morgan fingerprint density at radius 3 is 2.42 bits per heavy atom. The first-order valence-corrected chi connectivity index (χ1v) is 4.00. The van der Waals surface area contributed by atoms with E-state index in [0.717, 1.165) is 12.1 Å². The lowest BCUT2D eigenvalue weighted by Gasteiger charge is -2.29. The molecule has 12 heavy (non-hydrogen) atoms. The van der Waals surface area contributed by atoms with E-state index in [0.29, 0.717) is 0 Å². The summed E-state index contributed by atoms with van der Waals surface area (Å²) in [4.78, 5) is 5.03. The van der Waals surface area contributed by atoms with E-state index in [1.165, 1.54) is 0 Å². The Bertz CT molecular complexity index is 166. The number of allylic oxidation sites excluding steroid dienone is 3. The summed E-state index contributed by atoms with van der Waals surface area (Å²) >= 11 is 0. The van der Waals surface area contributed by atoms with Gasteiger partial charge < -0.3 is 0 Å². The maximum absolute atomic E-state index is 5.03. The monoisotopic (exact) mass is 170 g/mol. The number of hydroxylamine groups is 1. The van der Waals surface area contributed by atoms with Gasteiger partial charge in [-0.25, -0.2) is 0 Å². The van der Waals surface area contributed by atoms with E-state index < -0.39 is 0 Å². The van der Waals surface area contributed by atoms with Crippen LogP contribution in [0.5, 0.6) is 0 Å². The molecule has 0 spiro atoms. The predicted molar refractivity (Wildman–Crippen MR) is 51.1 cm³/mol. The minimum atomic E-state index is 0.955. The third-order valence-electron chi connectivity index (χ3n) is 1.77. The zero-order valence-corrected chi connectivity index (χ0v) is 8.37. The van der Waals surface area contributed by atoms with Crippen molar-refractivity contribution in [2.24, 2.45) is 0 Å². The van der Waals surface area contributed by atoms with E-state index in [-0.39, 0.29) is 0 Å². The SMILES string of the molecule is C=C/C=C(\CC)N(C)N(C)OC. The van der Waals surface area contributed by atoms with Crippen LogP contribution in [0, 0.1) is 0 Å². The molecule has 70 valence electrons. The van der Waals surface area contributed by atoms with Crippen molar-refractivity contribution < 1.29 is 4.84 Å². The fourth-order valence-electron chi connectivity index (χ4n) is 0.894. The first kappa shape index (κ1) is 11.2. The zero-order valence-electron chi connectivity index (χ0n) is 8.37. The molecule has 0 rings (SSSR count). The third-order valence-corrected chi connectivity index (χ3v) is 1.77. The molecule has 0 aromatic carbocycles. The molecule has 3 heteroatoms. The van der Waals surface area contributed by atoms with Crippen molar-refractivity contribution in [1.82, 2.24) is 10.2 Å². The zero-order chi connectivity index (χ0) is 9.56. The van der Waals surface area contributed by atoms with Crippen LogP contribution in [0.1, 0.15) is 13.3 Å². The van der Waals surface area contributed by atoms with Crippen LogP contribution < -0.4 is 0 Å². The largest absolute Gasteiger partial charge is 0.291 e. The molecule has 0 saturated heterocycles. The highest BCUT2D eigenvalue weighted by atomic mass is 16.7. The van der Waals surface area contributed by atoms with Gasteiger partial charge in [0.2, 0.25) is 0 Å². The number of hydrogen-bond donors (Lipinski definition) is 0. The number of rotatable bonds is 5. The molecule has 0 heterocycles. The van der Waals surface area contributed by atoms with Gasteiger partial charge in [0.15, 0.2) is 0 Å². The second-order valence-corrected chi connectivity index (χ2v) is 2.42. The lowest BCUT2D eigenvalue weighted by atomic mass is 10.3. The van der Waals surface area contributed by atoms with E-state index in [1.54, 1.807) is 18.4 Å². The Kier molecular flexibility index (Phi) is 5.41. The molecule has 0 atom stereocenters. The van der Waals surface area contributed by atoms with Crippen molar-refractivity contribution in [3.63, 3.8) is 0 Å². The quantitative estimate of drug-likeness (QED) is 0.462. The van der Waals surface area contributed by atoms with Crippen LogP contribution in [0.25, 0.3) is 0 Å². The van der Waals surface area contributed by atoms with Crippen molar-refractivity contribution in [1.29, 1.82) is 0 Å². The predicted octanol–water partition coefficient (Wildman–Crippen LogP) is 1.81. The Hall–Kier alpha value is -0.800. The van der Waals surface area contributed by atoms with Gasteiger partial charge in [0.1, 0.15) is 0 Å². The number of nitrogens with zero attached hydrogens (tertiary/aromatic N) is 2. The molecule has 0 aromatic heterocycles. The molecule has 0 aromatic rings. The molecular formula is C9H18N2O. The molecular weight excluding hydrogens is 152 g/mol. The van der Waals surface area contributed by atoms with E-state index >= 15 is 0 Å². The standard InChI is InChI=1S/C9H18N2O/c1-6-8-9(7-2)10(3)11(4)12-5/h6,8H,1,7H2,2-5H3/b9-8+. The summed E-state index contributed by atoms with van der Waals surface area (Å²) in [7, 11) is 5.44. The summed E-state index contributed by atoms with van der Waals surface area (Å²) in [5.74, 6) is 0. The summed E-state index contributed by atoms with van der Waals surface area (Å²) < 4.78 is 0. The third kappa shape index (κ3) is 3.07. The fraction of sp³-hybridized carbons (Fsp3) is 0.556. The first-order chi connectivity index (χ1) is 5.67. The molecule has 0 aliphatic heterocycles. The first-order valence-electron chi connectivity index (χ1n) is 4.00. The molecule has 0 aliphatic rings. The molecule has 0 radical (unpaired) electrons. The van der Waals surface area contributed by atoms with Crippen LogP contribution in [-0.2, 0) is 4.84 Å². The summed E-state index contributed by atoms with van der Waals surface area (Å²) in [6, 6.07) is 0. The average molecular weight is 170 g/mol. The Balaban J connectivity index is 4.30. The maximum Gasteiger partial charge on any atom is 0.0596 e. The minimum absolute atomic E-state index is 0.955. The fourth-order valence-corrected chi connectivity index (χ4v) is 0.894. The van der Waals surface area contributed by atoms with Gasteiger partial charge in [0.25, 0.3) is 0 Å². The molecule has 0 bridgehead atoms. The lowest BCUT2D eigenvalue weighted by molar-refractivity contribution is -0.226. The topological polar surface area (TPSA) is 15.7 Å². The van der Waals surface area contributed by atoms with E-state index in [2.05, 4.69) is 13.5 Å². The van der Waals surface area contributed by atoms with Gasteiger partial charge in [-0.2, -0.15) is 0 Å². The van der Waals surface area contributed by atoms with Gasteiger partial charge in [-0.15, -0.1) is 5.17 Å². The summed E-state index contributed by atoms with van der Waals surface area (Å²) in [6.07, 6.45) is 4.70. The Morgan fingerprint density at radius 1 is 1.50 bits per heavy atom. The molecule has 0 saturated carbocycles. The van der Waals surface area contributed by atoms with Gasteiger partial charge >= 0.3 is 0 Å². The summed E-state index contributed by atoms with van der Waals surface area (Å²) in [6.45, 7) is 5.75. The second-order valence-electron chi connectivity index (χ2n) is 2.42. The van der Waals surface area contributed by atoms with Gasteiger partial charge in [-0.1, -0.05) is 19.6 Å². The Morgan fingerprint density at radius 2 is 2.08 bits per heavy atom. The highest BCUT2D eigenvalue weighted by Crippen LogP contribution is 2.08.